The molecule has 0 saturated heterocycles. The van der Waals surface area contributed by atoms with Crippen LogP contribution in [0.2, 0.25) is 0 Å². The summed E-state index contributed by atoms with van der Waals surface area (Å²) in [5.74, 6) is 0. The molecule has 0 aliphatic rings. The largest absolute Gasteiger partial charge is 0.387 e. The zero-order chi connectivity index (χ0) is 13.7. The Morgan fingerprint density at radius 1 is 1.11 bits per heavy atom. The minimum absolute atomic E-state index is 0.168. The molecule has 2 N–H and O–H groups in total. The van der Waals surface area contributed by atoms with Gasteiger partial charge in [-0.25, -0.2) is 13.1 Å². The number of nitrogens with zero attached hydrogens (tertiary/aromatic N) is 1. The fourth-order valence-electron chi connectivity index (χ4n) is 1.66. The number of anilines is 1. The number of rotatable bonds is 5. The molecule has 0 radical (unpaired) electrons. The van der Waals surface area contributed by atoms with E-state index < -0.39 is 10.0 Å². The first kappa shape index (κ1) is 13.5. The van der Waals surface area contributed by atoms with Crippen LogP contribution in [0.1, 0.15) is 5.69 Å². The van der Waals surface area contributed by atoms with E-state index in [1.165, 1.54) is 0 Å². The minimum Gasteiger partial charge on any atom is -0.387 e. The molecule has 1 aromatic carbocycles. The second kappa shape index (κ2) is 5.81. The van der Waals surface area contributed by atoms with Gasteiger partial charge in [0.15, 0.2) is 0 Å². The molecule has 2 rings (SSSR count). The molecule has 0 aliphatic heterocycles. The average Bonchev–Trinajstić information content (AvgIpc) is 2.46. The molecular weight excluding hydrogens is 262 g/mol. The standard InChI is InChI=1S/C13H15N3O2S/c1-14-12-7-2-3-8-13(12)19(17,18)16-10-11-6-4-5-9-15-11/h2-9,14,16H,10H2,1H3. The number of hydrogen-bond donors (Lipinski definition) is 2. The Bertz CT molecular complexity index is 642. The first-order chi connectivity index (χ1) is 9.13. The van der Waals surface area contributed by atoms with E-state index in [9.17, 15) is 8.42 Å². The molecule has 2 aromatic rings. The molecule has 0 spiro atoms. The molecule has 1 aromatic heterocycles. The van der Waals surface area contributed by atoms with Gasteiger partial charge in [0.05, 0.1) is 17.9 Å². The molecule has 0 atom stereocenters. The van der Waals surface area contributed by atoms with Crippen LogP contribution < -0.4 is 10.0 Å². The quantitative estimate of drug-likeness (QED) is 0.871. The summed E-state index contributed by atoms with van der Waals surface area (Å²) in [6.45, 7) is 0.168. The number of aromatic nitrogens is 1. The number of para-hydroxylation sites is 1. The van der Waals surface area contributed by atoms with Crippen molar-refractivity contribution < 1.29 is 8.42 Å². The highest BCUT2D eigenvalue weighted by Crippen LogP contribution is 2.19. The van der Waals surface area contributed by atoms with Gasteiger partial charge < -0.3 is 5.32 Å². The summed E-state index contributed by atoms with van der Waals surface area (Å²) in [6, 6.07) is 12.1. The zero-order valence-electron chi connectivity index (χ0n) is 10.5. The van der Waals surface area contributed by atoms with E-state index in [1.54, 1.807) is 49.6 Å². The van der Waals surface area contributed by atoms with Gasteiger partial charge in [0, 0.05) is 13.2 Å². The van der Waals surface area contributed by atoms with E-state index in [-0.39, 0.29) is 11.4 Å². The molecule has 0 bridgehead atoms. The summed E-state index contributed by atoms with van der Waals surface area (Å²) >= 11 is 0. The molecule has 0 saturated carbocycles. The van der Waals surface area contributed by atoms with Gasteiger partial charge in [-0.1, -0.05) is 18.2 Å². The van der Waals surface area contributed by atoms with Crippen LogP contribution in [0, 0.1) is 0 Å². The van der Waals surface area contributed by atoms with Crippen LogP contribution in [0.5, 0.6) is 0 Å². The van der Waals surface area contributed by atoms with E-state index in [0.29, 0.717) is 11.4 Å². The monoisotopic (exact) mass is 277 g/mol. The van der Waals surface area contributed by atoms with Gasteiger partial charge in [-0.15, -0.1) is 0 Å². The molecule has 0 unspecified atom stereocenters. The van der Waals surface area contributed by atoms with Gasteiger partial charge in [0.1, 0.15) is 4.90 Å². The Hall–Kier alpha value is -1.92. The van der Waals surface area contributed by atoms with Crippen LogP contribution in [-0.4, -0.2) is 20.4 Å². The third-order valence-electron chi connectivity index (χ3n) is 2.62. The normalized spacial score (nSPS) is 11.2. The Kier molecular flexibility index (Phi) is 4.13. The van der Waals surface area contributed by atoms with Gasteiger partial charge in [0.25, 0.3) is 0 Å². The van der Waals surface area contributed by atoms with Gasteiger partial charge in [-0.2, -0.15) is 0 Å². The number of nitrogens with one attached hydrogen (secondary N) is 2. The van der Waals surface area contributed by atoms with Crippen LogP contribution in [0.15, 0.2) is 53.6 Å². The lowest BCUT2D eigenvalue weighted by Gasteiger charge is -2.10. The Morgan fingerprint density at radius 2 is 1.84 bits per heavy atom. The maximum Gasteiger partial charge on any atom is 0.242 e. The first-order valence-electron chi connectivity index (χ1n) is 5.80. The van der Waals surface area contributed by atoms with E-state index in [0.717, 1.165) is 0 Å². The van der Waals surface area contributed by atoms with Crippen molar-refractivity contribution in [2.75, 3.05) is 12.4 Å². The average molecular weight is 277 g/mol. The van der Waals surface area contributed by atoms with E-state index in [1.807, 2.05) is 6.07 Å². The second-order valence-electron chi connectivity index (χ2n) is 3.89. The van der Waals surface area contributed by atoms with Gasteiger partial charge >= 0.3 is 0 Å². The SMILES string of the molecule is CNc1ccccc1S(=O)(=O)NCc1ccccn1. The van der Waals surface area contributed by atoms with Crippen molar-refractivity contribution in [2.24, 2.45) is 0 Å². The Morgan fingerprint density at radius 3 is 2.53 bits per heavy atom. The maximum absolute atomic E-state index is 12.2. The summed E-state index contributed by atoms with van der Waals surface area (Å²) in [5.41, 5.74) is 1.24. The second-order valence-corrected chi connectivity index (χ2v) is 5.63. The predicted molar refractivity (Wildman–Crippen MR) is 74.3 cm³/mol. The van der Waals surface area contributed by atoms with Crippen LogP contribution in [0.25, 0.3) is 0 Å². The summed E-state index contributed by atoms with van der Waals surface area (Å²) in [5, 5.41) is 2.87. The highest BCUT2D eigenvalue weighted by Gasteiger charge is 2.17. The molecule has 0 amide bonds. The highest BCUT2D eigenvalue weighted by atomic mass is 32.2. The van der Waals surface area contributed by atoms with Crippen molar-refractivity contribution >= 4 is 15.7 Å². The number of sulfonamides is 1. The van der Waals surface area contributed by atoms with Crippen molar-refractivity contribution in [3.63, 3.8) is 0 Å². The molecule has 5 nitrogen and oxygen atoms in total. The summed E-state index contributed by atoms with van der Waals surface area (Å²) in [6.07, 6.45) is 1.63. The van der Waals surface area contributed by atoms with E-state index in [2.05, 4.69) is 15.0 Å². The lowest BCUT2D eigenvalue weighted by atomic mass is 10.3. The highest BCUT2D eigenvalue weighted by molar-refractivity contribution is 7.89. The van der Waals surface area contributed by atoms with Crippen molar-refractivity contribution in [1.82, 2.24) is 9.71 Å². The van der Waals surface area contributed by atoms with Crippen LogP contribution in [0.4, 0.5) is 5.69 Å². The van der Waals surface area contributed by atoms with Crippen molar-refractivity contribution in [2.45, 2.75) is 11.4 Å². The van der Waals surface area contributed by atoms with Crippen LogP contribution in [0.3, 0.4) is 0 Å². The van der Waals surface area contributed by atoms with Crippen LogP contribution >= 0.6 is 0 Å². The molecule has 100 valence electrons. The summed E-state index contributed by atoms with van der Waals surface area (Å²) in [7, 11) is -1.87. The van der Waals surface area contributed by atoms with Crippen LogP contribution in [-0.2, 0) is 16.6 Å². The molecule has 1 heterocycles. The zero-order valence-corrected chi connectivity index (χ0v) is 11.3. The third-order valence-corrected chi connectivity index (χ3v) is 4.07. The topological polar surface area (TPSA) is 71.1 Å². The van der Waals surface area contributed by atoms with Gasteiger partial charge in [0.2, 0.25) is 10.0 Å². The van der Waals surface area contributed by atoms with Gasteiger partial charge in [-0.05, 0) is 24.3 Å². The summed E-state index contributed by atoms with van der Waals surface area (Å²) < 4.78 is 26.9. The maximum atomic E-state index is 12.2. The number of benzene rings is 1. The van der Waals surface area contributed by atoms with Crippen molar-refractivity contribution in [1.29, 1.82) is 0 Å². The van der Waals surface area contributed by atoms with Crippen molar-refractivity contribution in [3.05, 3.63) is 54.4 Å². The number of hydrogen-bond acceptors (Lipinski definition) is 4. The minimum atomic E-state index is -3.55. The van der Waals surface area contributed by atoms with Crippen molar-refractivity contribution in [3.8, 4) is 0 Å². The number of pyridine rings is 1. The smallest absolute Gasteiger partial charge is 0.242 e. The molecule has 6 heteroatoms. The molecule has 19 heavy (non-hydrogen) atoms. The van der Waals surface area contributed by atoms with E-state index in [4.69, 9.17) is 0 Å². The molecule has 0 aliphatic carbocycles. The Balaban J connectivity index is 2.19. The Labute approximate surface area is 112 Å². The molecular formula is C13H15N3O2S. The first-order valence-corrected chi connectivity index (χ1v) is 7.28. The predicted octanol–water partition coefficient (Wildman–Crippen LogP) is 1.60. The fraction of sp³-hybridized carbons (Fsp3) is 0.154. The van der Waals surface area contributed by atoms with E-state index >= 15 is 0 Å². The fourth-order valence-corrected chi connectivity index (χ4v) is 2.87. The van der Waals surface area contributed by atoms with Gasteiger partial charge in [-0.3, -0.25) is 4.98 Å². The lowest BCUT2D eigenvalue weighted by molar-refractivity contribution is 0.581. The third kappa shape index (κ3) is 3.30. The summed E-state index contributed by atoms with van der Waals surface area (Å²) in [4.78, 5) is 4.31. The lowest BCUT2D eigenvalue weighted by Crippen LogP contribution is -2.24. The molecule has 0 fully saturated rings.